The lowest BCUT2D eigenvalue weighted by molar-refractivity contribution is 0.599. The largest absolute Gasteiger partial charge is 0.283 e. The van der Waals surface area contributed by atoms with E-state index >= 15 is 0 Å². The van der Waals surface area contributed by atoms with Crippen molar-refractivity contribution < 1.29 is 21.2 Å². The molecule has 0 heterocycles. The quantitative estimate of drug-likeness (QED) is 0.818. The Morgan fingerprint density at radius 3 is 2.25 bits per heavy atom. The Bertz CT molecular complexity index is 992. The molecule has 0 aliphatic rings. The van der Waals surface area contributed by atoms with Gasteiger partial charge in [-0.3, -0.25) is 9.44 Å². The molecule has 0 saturated heterocycles. The molecule has 0 aliphatic carbocycles. The van der Waals surface area contributed by atoms with Crippen LogP contribution >= 0.6 is 11.6 Å². The van der Waals surface area contributed by atoms with E-state index < -0.39 is 25.9 Å². The van der Waals surface area contributed by atoms with Gasteiger partial charge >= 0.3 is 0 Å². The third kappa shape index (κ3) is 4.59. The highest BCUT2D eigenvalue weighted by Gasteiger charge is 2.17. The van der Waals surface area contributed by atoms with Crippen molar-refractivity contribution in [1.82, 2.24) is 0 Å². The maximum absolute atomic E-state index is 13.2. The number of anilines is 2. The van der Waals surface area contributed by atoms with Gasteiger partial charge in [-0.15, -0.1) is 0 Å². The number of halogens is 2. The first-order valence-electron chi connectivity index (χ1n) is 6.54. The molecule has 2 aromatic carbocycles. The smallest absolute Gasteiger partial charge is 0.261 e. The van der Waals surface area contributed by atoms with E-state index in [0.717, 1.165) is 24.5 Å². The van der Waals surface area contributed by atoms with Gasteiger partial charge in [-0.1, -0.05) is 17.7 Å². The Morgan fingerprint density at radius 1 is 1.00 bits per heavy atom. The first-order valence-corrected chi connectivity index (χ1v) is 10.3. The second kappa shape index (κ2) is 6.58. The van der Waals surface area contributed by atoms with Crippen molar-refractivity contribution in [3.05, 3.63) is 52.8 Å². The molecule has 0 unspecified atom stereocenters. The minimum atomic E-state index is -4.00. The molecule has 0 aromatic heterocycles. The second-order valence-electron chi connectivity index (χ2n) is 5.09. The molecule has 24 heavy (non-hydrogen) atoms. The molecule has 0 bridgehead atoms. The Morgan fingerprint density at radius 2 is 1.67 bits per heavy atom. The van der Waals surface area contributed by atoms with E-state index in [4.69, 9.17) is 11.6 Å². The lowest BCUT2D eigenvalue weighted by atomic mass is 10.2. The van der Waals surface area contributed by atoms with Crippen LogP contribution in [0.25, 0.3) is 0 Å². The van der Waals surface area contributed by atoms with Gasteiger partial charge in [0.2, 0.25) is 10.0 Å². The number of sulfonamides is 2. The number of hydrogen-bond acceptors (Lipinski definition) is 4. The van der Waals surface area contributed by atoms with Crippen LogP contribution < -0.4 is 9.44 Å². The molecular formula is C14H14ClFN2O4S2. The van der Waals surface area contributed by atoms with Crippen LogP contribution in [0.3, 0.4) is 0 Å². The molecule has 130 valence electrons. The Balaban J connectivity index is 2.36. The predicted octanol–water partition coefficient (Wildman–Crippen LogP) is 2.96. The van der Waals surface area contributed by atoms with E-state index in [2.05, 4.69) is 9.44 Å². The van der Waals surface area contributed by atoms with Gasteiger partial charge in [-0.2, -0.15) is 0 Å². The third-order valence-electron chi connectivity index (χ3n) is 2.99. The Hall–Kier alpha value is -1.84. The Kier molecular flexibility index (Phi) is 5.07. The van der Waals surface area contributed by atoms with Gasteiger partial charge in [0.25, 0.3) is 10.0 Å². The van der Waals surface area contributed by atoms with Crippen molar-refractivity contribution in [2.24, 2.45) is 0 Å². The third-order valence-corrected chi connectivity index (χ3v) is 5.25. The topological polar surface area (TPSA) is 92.3 Å². The zero-order valence-corrected chi connectivity index (χ0v) is 15.1. The summed E-state index contributed by atoms with van der Waals surface area (Å²) in [7, 11) is -7.51. The molecule has 0 atom stereocenters. The lowest BCUT2D eigenvalue weighted by Gasteiger charge is -2.12. The number of aryl methyl sites for hydroxylation is 1. The molecule has 6 nitrogen and oxygen atoms in total. The summed E-state index contributed by atoms with van der Waals surface area (Å²) in [4.78, 5) is -0.216. The molecule has 0 fully saturated rings. The van der Waals surface area contributed by atoms with Gasteiger partial charge in [0, 0.05) is 0 Å². The summed E-state index contributed by atoms with van der Waals surface area (Å²) in [5.41, 5.74) is 1.01. The SMILES string of the molecule is Cc1ccc(NS(=O)(=O)c2ccc(F)c(Cl)c2)cc1NS(C)(=O)=O. The highest BCUT2D eigenvalue weighted by molar-refractivity contribution is 7.92. The number of nitrogens with one attached hydrogen (secondary N) is 2. The highest BCUT2D eigenvalue weighted by Crippen LogP contribution is 2.25. The predicted molar refractivity (Wildman–Crippen MR) is 91.9 cm³/mol. The summed E-state index contributed by atoms with van der Waals surface area (Å²) in [6.45, 7) is 1.67. The summed E-state index contributed by atoms with van der Waals surface area (Å²) >= 11 is 5.60. The molecule has 0 aliphatic heterocycles. The molecule has 2 aromatic rings. The molecule has 0 saturated carbocycles. The minimum Gasteiger partial charge on any atom is -0.283 e. The summed E-state index contributed by atoms with van der Waals surface area (Å²) in [6.07, 6.45) is 0.990. The van der Waals surface area contributed by atoms with Crippen molar-refractivity contribution in [2.45, 2.75) is 11.8 Å². The van der Waals surface area contributed by atoms with Crippen LogP contribution in [0.15, 0.2) is 41.3 Å². The fraction of sp³-hybridized carbons (Fsp3) is 0.143. The normalized spacial score (nSPS) is 12.0. The number of rotatable bonds is 5. The number of benzene rings is 2. The maximum atomic E-state index is 13.2. The van der Waals surface area contributed by atoms with Crippen LogP contribution in [-0.2, 0) is 20.0 Å². The van der Waals surface area contributed by atoms with E-state index in [1.54, 1.807) is 13.0 Å². The standard InChI is InChI=1S/C14H14ClFN2O4S2/c1-9-3-4-10(7-14(9)18-23(2,19)20)17-24(21,22)11-5-6-13(16)12(15)8-11/h3-8,17-18H,1-2H3. The van der Waals surface area contributed by atoms with Crippen LogP contribution in [0, 0.1) is 12.7 Å². The number of hydrogen-bond donors (Lipinski definition) is 2. The molecule has 2 N–H and O–H groups in total. The van der Waals surface area contributed by atoms with Crippen LogP contribution in [0.4, 0.5) is 15.8 Å². The van der Waals surface area contributed by atoms with Crippen LogP contribution in [0.2, 0.25) is 5.02 Å². The average molecular weight is 393 g/mol. The molecule has 0 radical (unpaired) electrons. The van der Waals surface area contributed by atoms with Gasteiger partial charge in [-0.25, -0.2) is 21.2 Å². The van der Waals surface area contributed by atoms with Gasteiger partial charge < -0.3 is 0 Å². The zero-order chi connectivity index (χ0) is 18.1. The van der Waals surface area contributed by atoms with Crippen molar-refractivity contribution in [2.75, 3.05) is 15.7 Å². The first kappa shape index (κ1) is 18.5. The molecular weight excluding hydrogens is 379 g/mol. The first-order chi connectivity index (χ1) is 11.0. The highest BCUT2D eigenvalue weighted by atomic mass is 35.5. The maximum Gasteiger partial charge on any atom is 0.261 e. The summed E-state index contributed by atoms with van der Waals surface area (Å²) in [6, 6.07) is 7.40. The fourth-order valence-electron chi connectivity index (χ4n) is 1.85. The fourth-order valence-corrected chi connectivity index (χ4v) is 3.79. The molecule has 0 amide bonds. The van der Waals surface area contributed by atoms with Crippen LogP contribution in [0.1, 0.15) is 5.56 Å². The summed E-state index contributed by atoms with van der Waals surface area (Å²) in [5, 5.41) is -0.318. The Labute approximate surface area is 144 Å². The van der Waals surface area contributed by atoms with E-state index in [9.17, 15) is 21.2 Å². The minimum absolute atomic E-state index is 0.146. The van der Waals surface area contributed by atoms with Crippen LogP contribution in [0.5, 0.6) is 0 Å². The van der Waals surface area contributed by atoms with Gasteiger partial charge in [-0.05, 0) is 42.8 Å². The van der Waals surface area contributed by atoms with Gasteiger partial charge in [0.1, 0.15) is 5.82 Å². The van der Waals surface area contributed by atoms with E-state index in [-0.39, 0.29) is 21.3 Å². The molecule has 2 rings (SSSR count). The summed E-state index contributed by atoms with van der Waals surface area (Å²) in [5.74, 6) is -0.731. The van der Waals surface area contributed by atoms with Crippen molar-refractivity contribution in [3.8, 4) is 0 Å². The van der Waals surface area contributed by atoms with Crippen molar-refractivity contribution in [1.29, 1.82) is 0 Å². The monoisotopic (exact) mass is 392 g/mol. The van der Waals surface area contributed by atoms with E-state index in [0.29, 0.717) is 5.56 Å². The molecule has 10 heteroatoms. The average Bonchev–Trinajstić information content (AvgIpc) is 2.43. The molecule has 0 spiro atoms. The van der Waals surface area contributed by atoms with E-state index in [1.165, 1.54) is 12.1 Å². The van der Waals surface area contributed by atoms with Crippen molar-refractivity contribution >= 4 is 43.0 Å². The zero-order valence-electron chi connectivity index (χ0n) is 12.7. The lowest BCUT2D eigenvalue weighted by Crippen LogP contribution is -2.14. The van der Waals surface area contributed by atoms with Gasteiger partial charge in [0.05, 0.1) is 27.5 Å². The summed E-state index contributed by atoms with van der Waals surface area (Å²) < 4.78 is 65.1. The van der Waals surface area contributed by atoms with Gasteiger partial charge in [0.15, 0.2) is 0 Å². The van der Waals surface area contributed by atoms with Crippen LogP contribution in [-0.4, -0.2) is 23.1 Å². The van der Waals surface area contributed by atoms with E-state index in [1.807, 2.05) is 0 Å². The second-order valence-corrected chi connectivity index (χ2v) is 8.92. The van der Waals surface area contributed by atoms with Crippen molar-refractivity contribution in [3.63, 3.8) is 0 Å².